The molecule has 1 aromatic heterocycles. The van der Waals surface area contributed by atoms with Crippen LogP contribution in [0, 0.1) is 0 Å². The molecule has 0 saturated heterocycles. The third kappa shape index (κ3) is 4.06. The fraction of sp³-hybridized carbons (Fsp3) is 0. The molecule has 0 fully saturated rings. The van der Waals surface area contributed by atoms with Crippen molar-refractivity contribution >= 4 is 7.32 Å². The Kier molecular flexibility index (Phi) is 5.10. The van der Waals surface area contributed by atoms with Crippen LogP contribution in [-0.4, -0.2) is 32.3 Å². The number of hydrogen-bond acceptors (Lipinski definition) is 6. The molecule has 136 valence electrons. The highest BCUT2D eigenvalue weighted by molar-refractivity contribution is 6.33. The highest BCUT2D eigenvalue weighted by atomic mass is 16.6. The van der Waals surface area contributed by atoms with Crippen molar-refractivity contribution in [3.63, 3.8) is 0 Å². The van der Waals surface area contributed by atoms with Gasteiger partial charge in [-0.2, -0.15) is 0 Å². The van der Waals surface area contributed by atoms with E-state index in [4.69, 9.17) is 14.7 Å². The van der Waals surface area contributed by atoms with E-state index in [2.05, 4.69) is 15.0 Å². The molecule has 0 unspecified atom stereocenters. The summed E-state index contributed by atoms with van der Waals surface area (Å²) in [5.74, 6) is 2.01. The summed E-state index contributed by atoms with van der Waals surface area (Å²) >= 11 is 0. The van der Waals surface area contributed by atoms with Crippen molar-refractivity contribution in [3.05, 3.63) is 84.9 Å². The van der Waals surface area contributed by atoms with Crippen molar-refractivity contribution in [2.24, 2.45) is 0 Å². The van der Waals surface area contributed by atoms with Crippen LogP contribution in [0.1, 0.15) is 0 Å². The lowest BCUT2D eigenvalue weighted by Gasteiger charge is -2.09. The average Bonchev–Trinajstić information content (AvgIpc) is 2.75. The maximum atomic E-state index is 8.92. The van der Waals surface area contributed by atoms with Gasteiger partial charge in [-0.3, -0.25) is 0 Å². The molecule has 0 aliphatic carbocycles. The van der Waals surface area contributed by atoms with E-state index in [1.165, 1.54) is 0 Å². The van der Waals surface area contributed by atoms with Crippen molar-refractivity contribution in [2.75, 3.05) is 0 Å². The van der Waals surface area contributed by atoms with E-state index in [-0.39, 0.29) is 0 Å². The minimum atomic E-state index is -1.86. The Morgan fingerprint density at radius 2 is 0.929 bits per heavy atom. The fourth-order valence-corrected chi connectivity index (χ4v) is 2.74. The third-order valence-corrected chi connectivity index (χ3v) is 4.05. The lowest BCUT2D eigenvalue weighted by Crippen LogP contribution is -2.20. The summed E-state index contributed by atoms with van der Waals surface area (Å²) in [5.41, 5.74) is 2.55. The Labute approximate surface area is 162 Å². The molecule has 0 atom stereocenters. The summed E-state index contributed by atoms with van der Waals surface area (Å²) < 4.78 is 4.85. The molecule has 4 rings (SSSR count). The Hall–Kier alpha value is -3.55. The molecule has 0 radical (unpaired) electrons. The molecule has 0 aliphatic heterocycles. The second-order valence-electron chi connectivity index (χ2n) is 6.01. The Morgan fingerprint density at radius 1 is 0.536 bits per heavy atom. The minimum absolute atomic E-state index is 0.333. The number of hydrogen-bond donors (Lipinski definition) is 2. The van der Waals surface area contributed by atoms with Crippen molar-refractivity contribution in [1.29, 1.82) is 0 Å². The number of benzene rings is 3. The molecule has 0 aliphatic rings. The van der Waals surface area contributed by atoms with Crippen LogP contribution >= 0.6 is 0 Å². The van der Waals surface area contributed by atoms with Crippen LogP contribution in [0.2, 0.25) is 0 Å². The van der Waals surface area contributed by atoms with Crippen LogP contribution in [0.5, 0.6) is 5.75 Å². The number of aromatic nitrogens is 3. The highest BCUT2D eigenvalue weighted by Crippen LogP contribution is 2.25. The first-order valence-electron chi connectivity index (χ1n) is 8.69. The van der Waals surface area contributed by atoms with Gasteiger partial charge < -0.3 is 14.7 Å². The maximum absolute atomic E-state index is 8.92. The van der Waals surface area contributed by atoms with Gasteiger partial charge in [0, 0.05) is 16.7 Å². The van der Waals surface area contributed by atoms with Crippen molar-refractivity contribution in [2.45, 2.75) is 0 Å². The van der Waals surface area contributed by atoms with Crippen LogP contribution in [0.3, 0.4) is 0 Å². The molecule has 6 nitrogen and oxygen atoms in total. The van der Waals surface area contributed by atoms with E-state index in [0.29, 0.717) is 23.2 Å². The summed E-state index contributed by atoms with van der Waals surface area (Å²) in [7, 11) is -1.86. The molecule has 4 aromatic rings. The average molecular weight is 369 g/mol. The highest BCUT2D eigenvalue weighted by Gasteiger charge is 2.14. The zero-order chi connectivity index (χ0) is 19.3. The topological polar surface area (TPSA) is 88.4 Å². The van der Waals surface area contributed by atoms with E-state index >= 15 is 0 Å². The quantitative estimate of drug-likeness (QED) is 0.525. The van der Waals surface area contributed by atoms with Gasteiger partial charge in [-0.15, -0.1) is 0 Å². The van der Waals surface area contributed by atoms with Gasteiger partial charge in [0.05, 0.1) is 0 Å². The molecule has 0 amide bonds. The van der Waals surface area contributed by atoms with Crippen LogP contribution in [-0.2, 0) is 0 Å². The number of nitrogens with zero attached hydrogens (tertiary/aromatic N) is 3. The first kappa shape index (κ1) is 17.8. The molecule has 0 saturated carbocycles. The molecule has 2 N–H and O–H groups in total. The van der Waals surface area contributed by atoms with Gasteiger partial charge in [0.15, 0.2) is 17.5 Å². The van der Waals surface area contributed by atoms with Gasteiger partial charge in [0.25, 0.3) is 0 Å². The van der Waals surface area contributed by atoms with E-state index in [1.807, 2.05) is 60.7 Å². The molecular weight excluding hydrogens is 353 g/mol. The van der Waals surface area contributed by atoms with E-state index in [0.717, 1.165) is 16.7 Å². The second-order valence-corrected chi connectivity index (χ2v) is 6.01. The molecule has 1 heterocycles. The summed E-state index contributed by atoms with van der Waals surface area (Å²) in [4.78, 5) is 13.9. The second kappa shape index (κ2) is 8.00. The molecule has 7 heteroatoms. The van der Waals surface area contributed by atoms with Gasteiger partial charge in [0.2, 0.25) is 0 Å². The van der Waals surface area contributed by atoms with Crippen LogP contribution in [0.4, 0.5) is 0 Å². The van der Waals surface area contributed by atoms with Gasteiger partial charge >= 0.3 is 7.32 Å². The SMILES string of the molecule is OB(O)Oc1ccc(-c2nc(-c3ccccc3)nc(-c3ccccc3)n2)cc1. The Balaban J connectivity index is 1.80. The summed E-state index contributed by atoms with van der Waals surface area (Å²) in [6.07, 6.45) is 0. The largest absolute Gasteiger partial charge is 0.707 e. The van der Waals surface area contributed by atoms with Gasteiger partial charge in [-0.25, -0.2) is 15.0 Å². The lowest BCUT2D eigenvalue weighted by atomic mass is 10.1. The van der Waals surface area contributed by atoms with Crippen molar-refractivity contribution in [1.82, 2.24) is 15.0 Å². The van der Waals surface area contributed by atoms with E-state index in [1.54, 1.807) is 24.3 Å². The predicted octanol–water partition coefficient (Wildman–Crippen LogP) is 3.22. The van der Waals surface area contributed by atoms with Crippen LogP contribution in [0.25, 0.3) is 34.2 Å². The van der Waals surface area contributed by atoms with Crippen molar-refractivity contribution < 1.29 is 14.7 Å². The van der Waals surface area contributed by atoms with Crippen molar-refractivity contribution in [3.8, 4) is 39.9 Å². The zero-order valence-electron chi connectivity index (χ0n) is 14.8. The molecule has 0 bridgehead atoms. The smallest absolute Gasteiger partial charge is 0.512 e. The monoisotopic (exact) mass is 369 g/mol. The van der Waals surface area contributed by atoms with Gasteiger partial charge in [-0.1, -0.05) is 60.7 Å². The minimum Gasteiger partial charge on any atom is -0.512 e. The molecular formula is C21H16BN3O3. The van der Waals surface area contributed by atoms with Gasteiger partial charge in [0.1, 0.15) is 5.75 Å². The first-order chi connectivity index (χ1) is 13.7. The van der Waals surface area contributed by atoms with E-state index in [9.17, 15) is 0 Å². The van der Waals surface area contributed by atoms with Gasteiger partial charge in [-0.05, 0) is 24.3 Å². The van der Waals surface area contributed by atoms with Crippen LogP contribution < -0.4 is 4.65 Å². The summed E-state index contributed by atoms with van der Waals surface area (Å²) in [6, 6.07) is 26.2. The standard InChI is InChI=1S/C21H16BN3O3/c26-22(27)28-18-13-11-17(12-14-18)21-24-19(15-7-3-1-4-8-15)23-20(25-21)16-9-5-2-6-10-16/h1-14,26-27H. The Bertz CT molecular complexity index is 1000. The third-order valence-electron chi connectivity index (χ3n) is 4.05. The maximum Gasteiger partial charge on any atom is 0.707 e. The number of rotatable bonds is 5. The molecule has 3 aromatic carbocycles. The normalized spacial score (nSPS) is 10.5. The summed E-state index contributed by atoms with van der Waals surface area (Å²) in [5, 5.41) is 17.8. The zero-order valence-corrected chi connectivity index (χ0v) is 14.8. The fourth-order valence-electron chi connectivity index (χ4n) is 2.74. The first-order valence-corrected chi connectivity index (χ1v) is 8.69. The molecule has 28 heavy (non-hydrogen) atoms. The van der Waals surface area contributed by atoms with Crippen LogP contribution in [0.15, 0.2) is 84.9 Å². The summed E-state index contributed by atoms with van der Waals surface area (Å²) in [6.45, 7) is 0. The predicted molar refractivity (Wildman–Crippen MR) is 107 cm³/mol. The Morgan fingerprint density at radius 3 is 1.32 bits per heavy atom. The molecule has 0 spiro atoms. The van der Waals surface area contributed by atoms with E-state index < -0.39 is 7.32 Å². The lowest BCUT2D eigenvalue weighted by molar-refractivity contribution is 0.288.